The molecule has 2 nitrogen and oxygen atoms in total. The molecule has 0 aliphatic carbocycles. The molecule has 1 atom stereocenters. The van der Waals surface area contributed by atoms with Crippen molar-refractivity contribution in [2.45, 2.75) is 33.2 Å². The third-order valence-corrected chi connectivity index (χ3v) is 2.80. The summed E-state index contributed by atoms with van der Waals surface area (Å²) in [6.45, 7) is 13.1. The Balaban J connectivity index is 2.30. The maximum atomic E-state index is 2.58. The first-order valence-electron chi connectivity index (χ1n) is 5.24. The maximum absolute atomic E-state index is 2.58. The predicted molar refractivity (Wildman–Crippen MR) is 53.4 cm³/mol. The van der Waals surface area contributed by atoms with Gasteiger partial charge in [0.1, 0.15) is 0 Å². The minimum Gasteiger partial charge on any atom is -0.301 e. The summed E-state index contributed by atoms with van der Waals surface area (Å²) in [5.41, 5.74) is 0. The molecule has 72 valence electrons. The van der Waals surface area contributed by atoms with Gasteiger partial charge in [-0.1, -0.05) is 13.8 Å². The highest BCUT2D eigenvalue weighted by atomic mass is 15.3. The van der Waals surface area contributed by atoms with Gasteiger partial charge in [0.05, 0.1) is 0 Å². The summed E-state index contributed by atoms with van der Waals surface area (Å²) in [7, 11) is 0. The topological polar surface area (TPSA) is 6.48 Å². The zero-order valence-electron chi connectivity index (χ0n) is 8.71. The Labute approximate surface area is 76.5 Å². The van der Waals surface area contributed by atoms with Crippen LogP contribution in [0.5, 0.6) is 0 Å². The van der Waals surface area contributed by atoms with E-state index >= 15 is 0 Å². The van der Waals surface area contributed by atoms with Crippen LogP contribution in [0.15, 0.2) is 0 Å². The van der Waals surface area contributed by atoms with Crippen molar-refractivity contribution in [1.29, 1.82) is 0 Å². The van der Waals surface area contributed by atoms with Gasteiger partial charge in [-0.05, 0) is 26.4 Å². The molecule has 0 radical (unpaired) electrons. The zero-order chi connectivity index (χ0) is 8.97. The van der Waals surface area contributed by atoms with E-state index in [1.54, 1.807) is 0 Å². The fourth-order valence-corrected chi connectivity index (χ4v) is 2.06. The SMILES string of the molecule is CCCN1CCN(CC)[C@H](C)C1. The van der Waals surface area contributed by atoms with E-state index in [2.05, 4.69) is 30.6 Å². The van der Waals surface area contributed by atoms with E-state index in [0.29, 0.717) is 0 Å². The number of rotatable bonds is 3. The summed E-state index contributed by atoms with van der Waals surface area (Å²) >= 11 is 0. The first kappa shape index (κ1) is 10.0. The molecule has 0 aromatic heterocycles. The van der Waals surface area contributed by atoms with Gasteiger partial charge >= 0.3 is 0 Å². The maximum Gasteiger partial charge on any atom is 0.0195 e. The lowest BCUT2D eigenvalue weighted by atomic mass is 10.2. The Morgan fingerprint density at radius 2 is 2.00 bits per heavy atom. The molecule has 0 spiro atoms. The number of hydrogen-bond acceptors (Lipinski definition) is 2. The van der Waals surface area contributed by atoms with Crippen LogP contribution in [-0.4, -0.2) is 48.6 Å². The summed E-state index contributed by atoms with van der Waals surface area (Å²) in [6.07, 6.45) is 1.29. The van der Waals surface area contributed by atoms with Crippen molar-refractivity contribution in [3.05, 3.63) is 0 Å². The lowest BCUT2D eigenvalue weighted by Crippen LogP contribution is -2.51. The van der Waals surface area contributed by atoms with E-state index in [4.69, 9.17) is 0 Å². The van der Waals surface area contributed by atoms with Crippen molar-refractivity contribution >= 4 is 0 Å². The van der Waals surface area contributed by atoms with Crippen LogP contribution in [0, 0.1) is 0 Å². The van der Waals surface area contributed by atoms with E-state index in [9.17, 15) is 0 Å². The normalized spacial score (nSPS) is 27.8. The fourth-order valence-electron chi connectivity index (χ4n) is 2.06. The molecule has 1 saturated heterocycles. The standard InChI is InChI=1S/C10H22N2/c1-4-6-11-7-8-12(5-2)10(3)9-11/h10H,4-9H2,1-3H3/t10-/m1/s1. The van der Waals surface area contributed by atoms with Gasteiger partial charge in [-0.15, -0.1) is 0 Å². The van der Waals surface area contributed by atoms with E-state index in [0.717, 1.165) is 6.04 Å². The highest BCUT2D eigenvalue weighted by Gasteiger charge is 2.20. The molecule has 1 aliphatic heterocycles. The van der Waals surface area contributed by atoms with E-state index in [-0.39, 0.29) is 0 Å². The van der Waals surface area contributed by atoms with E-state index < -0.39 is 0 Å². The van der Waals surface area contributed by atoms with Gasteiger partial charge in [0.15, 0.2) is 0 Å². The molecule has 1 heterocycles. The van der Waals surface area contributed by atoms with Gasteiger partial charge in [0, 0.05) is 25.7 Å². The molecule has 2 heteroatoms. The molecule has 1 aliphatic rings. The van der Waals surface area contributed by atoms with Crippen molar-refractivity contribution in [1.82, 2.24) is 9.80 Å². The zero-order valence-corrected chi connectivity index (χ0v) is 8.71. The molecule has 0 aromatic carbocycles. The van der Waals surface area contributed by atoms with Crippen LogP contribution in [0.3, 0.4) is 0 Å². The van der Waals surface area contributed by atoms with Crippen LogP contribution in [0.1, 0.15) is 27.2 Å². The number of likely N-dealkylation sites (N-methyl/N-ethyl adjacent to an activating group) is 1. The monoisotopic (exact) mass is 170 g/mol. The largest absolute Gasteiger partial charge is 0.301 e. The molecule has 0 saturated carbocycles. The smallest absolute Gasteiger partial charge is 0.0195 e. The van der Waals surface area contributed by atoms with Crippen LogP contribution < -0.4 is 0 Å². The minimum atomic E-state index is 0.760. The van der Waals surface area contributed by atoms with Crippen molar-refractivity contribution in [2.24, 2.45) is 0 Å². The average Bonchev–Trinajstić information content (AvgIpc) is 2.05. The number of nitrogens with zero attached hydrogens (tertiary/aromatic N) is 2. The van der Waals surface area contributed by atoms with Crippen LogP contribution >= 0.6 is 0 Å². The third kappa shape index (κ3) is 2.46. The summed E-state index contributed by atoms with van der Waals surface area (Å²) < 4.78 is 0. The van der Waals surface area contributed by atoms with Gasteiger partial charge in [0.25, 0.3) is 0 Å². The number of hydrogen-bond donors (Lipinski definition) is 0. The molecule has 1 rings (SSSR count). The first-order chi connectivity index (χ1) is 5.77. The second kappa shape index (κ2) is 4.83. The first-order valence-corrected chi connectivity index (χ1v) is 5.24. The lowest BCUT2D eigenvalue weighted by molar-refractivity contribution is 0.0883. The Morgan fingerprint density at radius 3 is 2.50 bits per heavy atom. The second-order valence-corrected chi connectivity index (χ2v) is 3.78. The van der Waals surface area contributed by atoms with Crippen LogP contribution in [0.25, 0.3) is 0 Å². The van der Waals surface area contributed by atoms with Crippen molar-refractivity contribution in [3.8, 4) is 0 Å². The molecular formula is C10H22N2. The van der Waals surface area contributed by atoms with Crippen LogP contribution in [-0.2, 0) is 0 Å². The highest BCUT2D eigenvalue weighted by molar-refractivity contribution is 4.77. The van der Waals surface area contributed by atoms with Crippen molar-refractivity contribution in [2.75, 3.05) is 32.7 Å². The summed E-state index contributed by atoms with van der Waals surface area (Å²) in [6, 6.07) is 0.760. The fraction of sp³-hybridized carbons (Fsp3) is 1.00. The third-order valence-electron chi connectivity index (χ3n) is 2.80. The Morgan fingerprint density at radius 1 is 1.25 bits per heavy atom. The van der Waals surface area contributed by atoms with Gasteiger partial charge in [-0.2, -0.15) is 0 Å². The highest BCUT2D eigenvalue weighted by Crippen LogP contribution is 2.08. The van der Waals surface area contributed by atoms with E-state index in [1.807, 2.05) is 0 Å². The minimum absolute atomic E-state index is 0.760. The molecule has 0 bridgehead atoms. The summed E-state index contributed by atoms with van der Waals surface area (Å²) in [5.74, 6) is 0. The van der Waals surface area contributed by atoms with Crippen LogP contribution in [0.4, 0.5) is 0 Å². The molecule has 1 fully saturated rings. The molecule has 0 aromatic rings. The average molecular weight is 170 g/mol. The van der Waals surface area contributed by atoms with Gasteiger partial charge in [0.2, 0.25) is 0 Å². The molecule has 0 unspecified atom stereocenters. The number of piperazine rings is 1. The Hall–Kier alpha value is -0.0800. The lowest BCUT2D eigenvalue weighted by Gasteiger charge is -2.39. The Bertz CT molecular complexity index is 125. The molecule has 0 N–H and O–H groups in total. The quantitative estimate of drug-likeness (QED) is 0.632. The van der Waals surface area contributed by atoms with Gasteiger partial charge < -0.3 is 4.90 Å². The van der Waals surface area contributed by atoms with E-state index in [1.165, 1.54) is 39.1 Å². The van der Waals surface area contributed by atoms with Gasteiger partial charge in [-0.3, -0.25) is 4.90 Å². The second-order valence-electron chi connectivity index (χ2n) is 3.78. The van der Waals surface area contributed by atoms with Gasteiger partial charge in [-0.25, -0.2) is 0 Å². The van der Waals surface area contributed by atoms with Crippen molar-refractivity contribution < 1.29 is 0 Å². The predicted octanol–water partition coefficient (Wildman–Crippen LogP) is 1.42. The summed E-state index contributed by atoms with van der Waals surface area (Å²) in [4.78, 5) is 5.14. The summed E-state index contributed by atoms with van der Waals surface area (Å²) in [5, 5.41) is 0. The van der Waals surface area contributed by atoms with Crippen LogP contribution in [0.2, 0.25) is 0 Å². The van der Waals surface area contributed by atoms with Crippen molar-refractivity contribution in [3.63, 3.8) is 0 Å². The molecular weight excluding hydrogens is 148 g/mol. The molecule has 12 heavy (non-hydrogen) atoms. The molecule has 0 amide bonds. The Kier molecular flexibility index (Phi) is 4.02.